The van der Waals surface area contributed by atoms with Crippen molar-refractivity contribution in [3.05, 3.63) is 41.1 Å². The maximum Gasteiger partial charge on any atom is 0.338 e. The molecule has 1 saturated heterocycles. The molecule has 0 spiro atoms. The van der Waals surface area contributed by atoms with Crippen LogP contribution in [-0.4, -0.2) is 62.8 Å². The summed E-state index contributed by atoms with van der Waals surface area (Å²) in [5.41, 5.74) is 1.53. The number of hydrogen-bond acceptors (Lipinski definition) is 7. The van der Waals surface area contributed by atoms with E-state index in [1.54, 1.807) is 39.2 Å². The normalized spacial score (nSPS) is 21.4. The van der Waals surface area contributed by atoms with Crippen molar-refractivity contribution < 1.29 is 28.6 Å². The Morgan fingerprint density at radius 1 is 1.19 bits per heavy atom. The Labute approximate surface area is 188 Å². The Morgan fingerprint density at radius 3 is 2.69 bits per heavy atom. The van der Waals surface area contributed by atoms with E-state index in [-0.39, 0.29) is 18.5 Å². The molecule has 1 aromatic rings. The third-order valence-electron chi connectivity index (χ3n) is 5.58. The monoisotopic (exact) mass is 445 g/mol. The van der Waals surface area contributed by atoms with Crippen LogP contribution in [0.3, 0.4) is 0 Å². The summed E-state index contributed by atoms with van der Waals surface area (Å²) < 4.78 is 15.8. The maximum absolute atomic E-state index is 13.0. The molecule has 0 aromatic heterocycles. The van der Waals surface area contributed by atoms with Crippen molar-refractivity contribution in [3.63, 3.8) is 0 Å². The Balaban J connectivity index is 1.92. The lowest BCUT2D eigenvalue weighted by Crippen LogP contribution is -2.50. The predicted molar refractivity (Wildman–Crippen MR) is 117 cm³/mol. The van der Waals surface area contributed by atoms with Crippen molar-refractivity contribution in [1.82, 2.24) is 15.5 Å². The SMILES string of the molecule is CCOC(=O)C1=C(CN2CCC[C@@H](C(=O)OCC)C2)NC(=O)N[C@@H]1c1cccc(OC)c1. The van der Waals surface area contributed by atoms with Gasteiger partial charge in [0.1, 0.15) is 5.75 Å². The highest BCUT2D eigenvalue weighted by molar-refractivity contribution is 5.95. The van der Waals surface area contributed by atoms with Crippen molar-refractivity contribution in [2.45, 2.75) is 32.7 Å². The van der Waals surface area contributed by atoms with Gasteiger partial charge in [-0.2, -0.15) is 0 Å². The van der Waals surface area contributed by atoms with E-state index < -0.39 is 18.0 Å². The number of piperidine rings is 1. The number of hydrogen-bond donors (Lipinski definition) is 2. The number of ether oxygens (including phenoxy) is 3. The van der Waals surface area contributed by atoms with Crippen molar-refractivity contribution >= 4 is 18.0 Å². The van der Waals surface area contributed by atoms with E-state index in [9.17, 15) is 14.4 Å². The lowest BCUT2D eigenvalue weighted by atomic mass is 9.93. The van der Waals surface area contributed by atoms with Crippen molar-refractivity contribution in [1.29, 1.82) is 0 Å². The number of esters is 2. The zero-order valence-electron chi connectivity index (χ0n) is 18.8. The largest absolute Gasteiger partial charge is 0.497 e. The van der Waals surface area contributed by atoms with Gasteiger partial charge < -0.3 is 24.8 Å². The molecule has 3 rings (SSSR count). The molecule has 2 aliphatic heterocycles. The summed E-state index contributed by atoms with van der Waals surface area (Å²) in [6.45, 7) is 5.66. The molecule has 0 bridgehead atoms. The van der Waals surface area contributed by atoms with Crippen LogP contribution in [0.5, 0.6) is 5.75 Å². The number of carbonyl (C=O) groups excluding carboxylic acids is 3. The Morgan fingerprint density at radius 2 is 1.97 bits per heavy atom. The zero-order chi connectivity index (χ0) is 23.1. The molecule has 1 fully saturated rings. The summed E-state index contributed by atoms with van der Waals surface area (Å²) in [5.74, 6) is -0.308. The molecule has 0 unspecified atom stereocenters. The average Bonchev–Trinajstić information content (AvgIpc) is 2.79. The van der Waals surface area contributed by atoms with Crippen LogP contribution >= 0.6 is 0 Å². The minimum Gasteiger partial charge on any atom is -0.497 e. The molecule has 0 aliphatic carbocycles. The molecule has 2 heterocycles. The van der Waals surface area contributed by atoms with Crippen LogP contribution in [-0.2, 0) is 19.1 Å². The Kier molecular flexibility index (Phi) is 8.10. The van der Waals surface area contributed by atoms with Gasteiger partial charge in [0.2, 0.25) is 0 Å². The summed E-state index contributed by atoms with van der Waals surface area (Å²) in [4.78, 5) is 39.7. The molecule has 9 nitrogen and oxygen atoms in total. The summed E-state index contributed by atoms with van der Waals surface area (Å²) in [5, 5.41) is 5.62. The molecule has 2 atom stereocenters. The molecule has 2 aliphatic rings. The molecule has 0 radical (unpaired) electrons. The molecule has 9 heteroatoms. The van der Waals surface area contributed by atoms with Crippen LogP contribution < -0.4 is 15.4 Å². The minimum atomic E-state index is -0.682. The highest BCUT2D eigenvalue weighted by atomic mass is 16.5. The van der Waals surface area contributed by atoms with Crippen LogP contribution in [0, 0.1) is 5.92 Å². The number of amides is 2. The molecule has 0 saturated carbocycles. The number of nitrogens with zero attached hydrogens (tertiary/aromatic N) is 1. The standard InChI is InChI=1S/C23H31N3O6/c1-4-31-21(27)16-9-7-11-26(13-16)14-18-19(22(28)32-5-2)20(25-23(29)24-18)15-8-6-10-17(12-15)30-3/h6,8,10,12,16,20H,4-5,7,9,11,13-14H2,1-3H3,(H2,24,25,29)/t16-,20-/m1/s1. The van der Waals surface area contributed by atoms with Gasteiger partial charge in [-0.1, -0.05) is 12.1 Å². The summed E-state index contributed by atoms with van der Waals surface area (Å²) in [7, 11) is 1.56. The first kappa shape index (κ1) is 23.6. The number of benzene rings is 1. The fourth-order valence-corrected chi connectivity index (χ4v) is 4.14. The van der Waals surface area contributed by atoms with Gasteiger partial charge in [0.25, 0.3) is 0 Å². The number of rotatable bonds is 8. The van der Waals surface area contributed by atoms with E-state index in [1.807, 2.05) is 6.07 Å². The molecule has 2 amide bonds. The lowest BCUT2D eigenvalue weighted by Gasteiger charge is -2.35. The number of carbonyl (C=O) groups is 3. The minimum absolute atomic E-state index is 0.208. The number of likely N-dealkylation sites (tertiary alicyclic amines) is 1. The van der Waals surface area contributed by atoms with E-state index in [1.165, 1.54) is 0 Å². The summed E-state index contributed by atoms with van der Waals surface area (Å²) >= 11 is 0. The van der Waals surface area contributed by atoms with Gasteiger partial charge in [-0.05, 0) is 50.9 Å². The third kappa shape index (κ3) is 5.59. The van der Waals surface area contributed by atoms with Gasteiger partial charge in [0, 0.05) is 18.8 Å². The molecule has 32 heavy (non-hydrogen) atoms. The topological polar surface area (TPSA) is 106 Å². The fraction of sp³-hybridized carbons (Fsp3) is 0.522. The Hall–Kier alpha value is -3.07. The maximum atomic E-state index is 13.0. The van der Waals surface area contributed by atoms with Crippen LogP contribution in [0.15, 0.2) is 35.5 Å². The highest BCUT2D eigenvalue weighted by Gasteiger charge is 2.35. The van der Waals surface area contributed by atoms with Crippen LogP contribution in [0.4, 0.5) is 4.79 Å². The smallest absolute Gasteiger partial charge is 0.338 e. The number of methoxy groups -OCH3 is 1. The second-order valence-corrected chi connectivity index (χ2v) is 7.75. The predicted octanol–water partition coefficient (Wildman–Crippen LogP) is 2.14. The first-order valence-corrected chi connectivity index (χ1v) is 11.0. The fourth-order valence-electron chi connectivity index (χ4n) is 4.14. The van der Waals surface area contributed by atoms with Crippen LogP contribution in [0.2, 0.25) is 0 Å². The van der Waals surface area contributed by atoms with E-state index in [0.29, 0.717) is 42.3 Å². The lowest BCUT2D eigenvalue weighted by molar-refractivity contribution is -0.150. The molecule has 2 N–H and O–H groups in total. The van der Waals surface area contributed by atoms with Crippen LogP contribution in [0.1, 0.15) is 38.3 Å². The van der Waals surface area contributed by atoms with Gasteiger partial charge >= 0.3 is 18.0 Å². The molecular weight excluding hydrogens is 414 g/mol. The van der Waals surface area contributed by atoms with E-state index in [2.05, 4.69) is 15.5 Å². The first-order chi connectivity index (χ1) is 15.5. The summed E-state index contributed by atoms with van der Waals surface area (Å²) in [6, 6.07) is 6.13. The zero-order valence-corrected chi connectivity index (χ0v) is 18.8. The quantitative estimate of drug-likeness (QED) is 0.591. The van der Waals surface area contributed by atoms with Gasteiger partial charge in [-0.25, -0.2) is 9.59 Å². The summed E-state index contributed by atoms with van der Waals surface area (Å²) in [6.07, 6.45) is 1.59. The molecule has 1 aromatic carbocycles. The van der Waals surface area contributed by atoms with E-state index in [4.69, 9.17) is 14.2 Å². The van der Waals surface area contributed by atoms with Crippen LogP contribution in [0.25, 0.3) is 0 Å². The van der Waals surface area contributed by atoms with E-state index in [0.717, 1.165) is 19.4 Å². The molecular formula is C23H31N3O6. The number of nitrogens with one attached hydrogen (secondary N) is 2. The Bertz CT molecular complexity index is 884. The van der Waals surface area contributed by atoms with Crippen molar-refractivity contribution in [2.24, 2.45) is 5.92 Å². The van der Waals surface area contributed by atoms with Gasteiger partial charge in [-0.15, -0.1) is 0 Å². The second-order valence-electron chi connectivity index (χ2n) is 7.75. The van der Waals surface area contributed by atoms with Crippen molar-refractivity contribution in [2.75, 3.05) is 40.0 Å². The molecule has 174 valence electrons. The first-order valence-electron chi connectivity index (χ1n) is 11.0. The third-order valence-corrected chi connectivity index (χ3v) is 5.58. The second kappa shape index (κ2) is 11.0. The average molecular weight is 446 g/mol. The van der Waals surface area contributed by atoms with Gasteiger partial charge in [0.15, 0.2) is 0 Å². The number of urea groups is 1. The van der Waals surface area contributed by atoms with Gasteiger partial charge in [0.05, 0.1) is 37.9 Å². The highest BCUT2D eigenvalue weighted by Crippen LogP contribution is 2.30. The van der Waals surface area contributed by atoms with E-state index >= 15 is 0 Å². The van der Waals surface area contributed by atoms with Gasteiger partial charge in [-0.3, -0.25) is 9.69 Å². The van der Waals surface area contributed by atoms with Crippen molar-refractivity contribution in [3.8, 4) is 5.75 Å².